The maximum absolute atomic E-state index is 13.3. The largest absolute Gasteiger partial charge is 0.384 e. The highest BCUT2D eigenvalue weighted by molar-refractivity contribution is 6.00. The summed E-state index contributed by atoms with van der Waals surface area (Å²) >= 11 is 0. The monoisotopic (exact) mass is 249 g/mol. The molecule has 1 aliphatic rings. The van der Waals surface area contributed by atoms with Crippen LogP contribution in [-0.4, -0.2) is 18.4 Å². The van der Waals surface area contributed by atoms with Gasteiger partial charge in [-0.2, -0.15) is 0 Å². The molecule has 0 bridgehead atoms. The summed E-state index contributed by atoms with van der Waals surface area (Å²) in [7, 11) is 0. The van der Waals surface area contributed by atoms with Crippen molar-refractivity contribution in [3.05, 3.63) is 29.6 Å². The number of hydrogen-bond acceptors (Lipinski definition) is 2. The fourth-order valence-corrected chi connectivity index (χ4v) is 2.72. The molecule has 98 valence electrons. The lowest BCUT2D eigenvalue weighted by atomic mass is 9.97. The second-order valence-electron chi connectivity index (χ2n) is 4.83. The molecule has 0 aromatic heterocycles. The fourth-order valence-electron chi connectivity index (χ4n) is 2.72. The van der Waals surface area contributed by atoms with E-state index in [4.69, 9.17) is 11.1 Å². The van der Waals surface area contributed by atoms with Gasteiger partial charge in [0.15, 0.2) is 0 Å². The third-order valence-electron chi connectivity index (χ3n) is 3.66. The Kier molecular flexibility index (Phi) is 3.84. The second-order valence-corrected chi connectivity index (χ2v) is 4.83. The van der Waals surface area contributed by atoms with Gasteiger partial charge in [0.25, 0.3) is 0 Å². The maximum Gasteiger partial charge on any atom is 0.125 e. The Morgan fingerprint density at radius 3 is 2.94 bits per heavy atom. The van der Waals surface area contributed by atoms with E-state index in [-0.39, 0.29) is 11.7 Å². The number of rotatable bonds is 3. The van der Waals surface area contributed by atoms with Gasteiger partial charge in [0, 0.05) is 23.8 Å². The van der Waals surface area contributed by atoms with Gasteiger partial charge in [-0.25, -0.2) is 4.39 Å². The van der Waals surface area contributed by atoms with E-state index in [1.165, 1.54) is 18.6 Å². The molecular formula is C14H20FN3. The number of nitrogens with zero attached hydrogens (tertiary/aromatic N) is 1. The zero-order chi connectivity index (χ0) is 13.1. The molecule has 1 aromatic carbocycles. The van der Waals surface area contributed by atoms with Crippen LogP contribution in [0.2, 0.25) is 0 Å². The van der Waals surface area contributed by atoms with Crippen molar-refractivity contribution in [3.63, 3.8) is 0 Å². The summed E-state index contributed by atoms with van der Waals surface area (Å²) in [6.07, 6.45) is 4.61. The Labute approximate surface area is 107 Å². The van der Waals surface area contributed by atoms with Gasteiger partial charge in [0.1, 0.15) is 11.7 Å². The van der Waals surface area contributed by atoms with Crippen LogP contribution in [0.4, 0.5) is 10.1 Å². The first-order valence-corrected chi connectivity index (χ1v) is 6.54. The first kappa shape index (κ1) is 12.9. The molecule has 0 radical (unpaired) electrons. The SMILES string of the molecule is CCC1CCCCN1c1ccc(F)cc1C(=N)N. The molecule has 2 rings (SSSR count). The van der Waals surface area contributed by atoms with E-state index in [1.54, 1.807) is 6.07 Å². The predicted molar refractivity (Wildman–Crippen MR) is 72.7 cm³/mol. The van der Waals surface area contributed by atoms with Gasteiger partial charge in [-0.15, -0.1) is 0 Å². The molecule has 4 heteroatoms. The van der Waals surface area contributed by atoms with E-state index < -0.39 is 0 Å². The number of nitrogens with two attached hydrogens (primary N) is 1. The van der Waals surface area contributed by atoms with Crippen LogP contribution in [-0.2, 0) is 0 Å². The average molecular weight is 249 g/mol. The fraction of sp³-hybridized carbons (Fsp3) is 0.500. The lowest BCUT2D eigenvalue weighted by Gasteiger charge is -2.38. The van der Waals surface area contributed by atoms with Crippen molar-refractivity contribution in [2.24, 2.45) is 5.73 Å². The molecule has 1 aliphatic heterocycles. The average Bonchev–Trinajstić information content (AvgIpc) is 2.38. The minimum absolute atomic E-state index is 0.0649. The normalized spacial score (nSPS) is 19.9. The van der Waals surface area contributed by atoms with Gasteiger partial charge >= 0.3 is 0 Å². The summed E-state index contributed by atoms with van der Waals surface area (Å²) in [5.41, 5.74) is 6.98. The van der Waals surface area contributed by atoms with E-state index >= 15 is 0 Å². The molecule has 0 saturated carbocycles. The van der Waals surface area contributed by atoms with Crippen LogP contribution in [0.5, 0.6) is 0 Å². The smallest absolute Gasteiger partial charge is 0.125 e. The van der Waals surface area contributed by atoms with Crippen LogP contribution >= 0.6 is 0 Å². The Bertz CT molecular complexity index is 445. The molecule has 1 aromatic rings. The zero-order valence-corrected chi connectivity index (χ0v) is 10.7. The molecular weight excluding hydrogens is 229 g/mol. The van der Waals surface area contributed by atoms with Gasteiger partial charge < -0.3 is 10.6 Å². The van der Waals surface area contributed by atoms with Crippen molar-refractivity contribution in [2.45, 2.75) is 38.6 Å². The third-order valence-corrected chi connectivity index (χ3v) is 3.66. The highest BCUT2D eigenvalue weighted by Crippen LogP contribution is 2.29. The first-order chi connectivity index (χ1) is 8.63. The highest BCUT2D eigenvalue weighted by Gasteiger charge is 2.23. The van der Waals surface area contributed by atoms with Crippen LogP contribution in [0.25, 0.3) is 0 Å². The van der Waals surface area contributed by atoms with Gasteiger partial charge in [0.2, 0.25) is 0 Å². The molecule has 1 atom stereocenters. The number of amidine groups is 1. The Morgan fingerprint density at radius 1 is 1.50 bits per heavy atom. The van der Waals surface area contributed by atoms with Crippen molar-refractivity contribution in [1.82, 2.24) is 0 Å². The summed E-state index contributed by atoms with van der Waals surface area (Å²) in [5.74, 6) is -0.404. The summed E-state index contributed by atoms with van der Waals surface area (Å²) in [6, 6.07) is 5.03. The van der Waals surface area contributed by atoms with Crippen molar-refractivity contribution in [2.75, 3.05) is 11.4 Å². The third kappa shape index (κ3) is 2.47. The summed E-state index contributed by atoms with van der Waals surface area (Å²) < 4.78 is 13.3. The minimum atomic E-state index is -0.339. The van der Waals surface area contributed by atoms with Gasteiger partial charge in [-0.3, -0.25) is 5.41 Å². The number of nitrogen functional groups attached to an aromatic ring is 1. The number of anilines is 1. The zero-order valence-electron chi connectivity index (χ0n) is 10.7. The Balaban J connectivity index is 2.39. The van der Waals surface area contributed by atoms with Crippen molar-refractivity contribution >= 4 is 11.5 Å². The van der Waals surface area contributed by atoms with E-state index in [2.05, 4.69) is 11.8 Å². The summed E-state index contributed by atoms with van der Waals surface area (Å²) in [5, 5.41) is 7.60. The number of nitrogens with one attached hydrogen (secondary N) is 1. The van der Waals surface area contributed by atoms with Crippen LogP contribution in [0, 0.1) is 11.2 Å². The minimum Gasteiger partial charge on any atom is -0.384 e. The van der Waals surface area contributed by atoms with Crippen LogP contribution in [0.3, 0.4) is 0 Å². The second kappa shape index (κ2) is 5.38. The quantitative estimate of drug-likeness (QED) is 0.639. The Morgan fingerprint density at radius 2 is 2.28 bits per heavy atom. The molecule has 1 fully saturated rings. The van der Waals surface area contributed by atoms with Crippen LogP contribution < -0.4 is 10.6 Å². The molecule has 3 N–H and O–H groups in total. The van der Waals surface area contributed by atoms with Gasteiger partial charge in [-0.1, -0.05) is 6.92 Å². The van der Waals surface area contributed by atoms with E-state index in [9.17, 15) is 4.39 Å². The lowest BCUT2D eigenvalue weighted by Crippen LogP contribution is -2.40. The molecule has 0 aliphatic carbocycles. The van der Waals surface area contributed by atoms with E-state index in [1.807, 2.05) is 0 Å². The predicted octanol–water partition coefficient (Wildman–Crippen LogP) is 2.88. The van der Waals surface area contributed by atoms with E-state index in [0.29, 0.717) is 11.6 Å². The molecule has 18 heavy (non-hydrogen) atoms. The number of hydrogen-bond donors (Lipinski definition) is 2. The van der Waals surface area contributed by atoms with Gasteiger partial charge in [-0.05, 0) is 43.9 Å². The van der Waals surface area contributed by atoms with Crippen molar-refractivity contribution in [1.29, 1.82) is 5.41 Å². The number of benzene rings is 1. The van der Waals surface area contributed by atoms with Crippen LogP contribution in [0.15, 0.2) is 18.2 Å². The summed E-state index contributed by atoms with van der Waals surface area (Å²) in [4.78, 5) is 2.28. The van der Waals surface area contributed by atoms with Crippen molar-refractivity contribution in [3.8, 4) is 0 Å². The van der Waals surface area contributed by atoms with Crippen LogP contribution in [0.1, 0.15) is 38.2 Å². The molecule has 1 saturated heterocycles. The van der Waals surface area contributed by atoms with Crippen molar-refractivity contribution < 1.29 is 4.39 Å². The topological polar surface area (TPSA) is 53.1 Å². The number of halogens is 1. The number of piperidine rings is 1. The molecule has 0 spiro atoms. The Hall–Kier alpha value is -1.58. The summed E-state index contributed by atoms with van der Waals surface area (Å²) in [6.45, 7) is 3.13. The highest BCUT2D eigenvalue weighted by atomic mass is 19.1. The maximum atomic E-state index is 13.3. The van der Waals surface area contributed by atoms with E-state index in [0.717, 1.165) is 31.5 Å². The van der Waals surface area contributed by atoms with Gasteiger partial charge in [0.05, 0.1) is 0 Å². The molecule has 3 nitrogen and oxygen atoms in total. The standard InChI is InChI=1S/C14H20FN3/c1-2-11-5-3-4-8-18(11)13-7-6-10(15)9-12(13)14(16)17/h6-7,9,11H,2-5,8H2,1H3,(H3,16,17). The lowest BCUT2D eigenvalue weighted by molar-refractivity contribution is 0.449. The molecule has 1 heterocycles. The molecule has 1 unspecified atom stereocenters. The molecule has 0 amide bonds. The first-order valence-electron chi connectivity index (χ1n) is 6.54.